The number of hydrogen-bond acceptors (Lipinski definition) is 4. The normalized spacial score (nSPS) is 8.73. The maximum absolute atomic E-state index is 9.80. The third kappa shape index (κ3) is 2.11. The van der Waals surface area contributed by atoms with E-state index in [0.29, 0.717) is 5.13 Å². The maximum atomic E-state index is 9.80. The number of aromatic nitrogens is 1. The van der Waals surface area contributed by atoms with E-state index in [9.17, 15) is 4.79 Å². The van der Waals surface area contributed by atoms with E-state index in [1.807, 2.05) is 0 Å². The number of aliphatic imine (C=N–C) groups is 1. The first-order valence-corrected chi connectivity index (χ1v) is 3.82. The summed E-state index contributed by atoms with van der Waals surface area (Å²) >= 11 is 1.37. The van der Waals surface area contributed by atoms with Crippen molar-refractivity contribution in [2.75, 3.05) is 0 Å². The smallest absolute Gasteiger partial charge is 0.226 e. The van der Waals surface area contributed by atoms with E-state index in [2.05, 4.69) is 16.6 Å². The van der Waals surface area contributed by atoms with Crippen LogP contribution >= 0.6 is 11.3 Å². The SMILES string of the molecule is C=CCc1cnc(N=C=O)s1. The molecule has 1 rings (SSSR count). The average Bonchev–Trinajstić information content (AvgIpc) is 2.38. The number of carbonyl (C=O) groups excluding carboxylic acids is 1. The molecule has 4 heteroatoms. The lowest BCUT2D eigenvalue weighted by atomic mass is 10.4. The van der Waals surface area contributed by atoms with E-state index in [1.165, 1.54) is 17.4 Å². The predicted octanol–water partition coefficient (Wildman–Crippen LogP) is 1.84. The minimum Gasteiger partial charge on any atom is -0.226 e. The quantitative estimate of drug-likeness (QED) is 0.390. The van der Waals surface area contributed by atoms with Crippen molar-refractivity contribution in [3.8, 4) is 0 Å². The zero-order chi connectivity index (χ0) is 8.10. The van der Waals surface area contributed by atoms with Crippen molar-refractivity contribution < 1.29 is 4.79 Å². The third-order valence-corrected chi connectivity index (χ3v) is 1.94. The minimum atomic E-state index is 0.455. The van der Waals surface area contributed by atoms with Crippen LogP contribution in [0.4, 0.5) is 5.13 Å². The van der Waals surface area contributed by atoms with Gasteiger partial charge in [0.25, 0.3) is 0 Å². The second-order valence-corrected chi connectivity index (χ2v) is 2.90. The molecule has 0 bridgehead atoms. The van der Waals surface area contributed by atoms with Gasteiger partial charge in [-0.25, -0.2) is 9.78 Å². The Bertz CT molecular complexity index is 299. The average molecular weight is 166 g/mol. The fourth-order valence-corrected chi connectivity index (χ4v) is 1.35. The Morgan fingerprint density at radius 1 is 1.91 bits per heavy atom. The highest BCUT2D eigenvalue weighted by molar-refractivity contribution is 7.15. The second kappa shape index (κ2) is 3.81. The Kier molecular flexibility index (Phi) is 2.72. The summed E-state index contributed by atoms with van der Waals surface area (Å²) in [5.74, 6) is 0. The van der Waals surface area contributed by atoms with Crippen molar-refractivity contribution in [2.45, 2.75) is 6.42 Å². The molecule has 0 spiro atoms. The first kappa shape index (κ1) is 7.85. The van der Waals surface area contributed by atoms with Crippen molar-refractivity contribution in [3.05, 3.63) is 23.7 Å². The van der Waals surface area contributed by atoms with Gasteiger partial charge in [0.2, 0.25) is 11.2 Å². The molecule has 1 aromatic heterocycles. The molecule has 0 aliphatic rings. The summed E-state index contributed by atoms with van der Waals surface area (Å²) in [6.07, 6.45) is 5.67. The van der Waals surface area contributed by atoms with Gasteiger partial charge < -0.3 is 0 Å². The van der Waals surface area contributed by atoms with Gasteiger partial charge in [0.15, 0.2) is 0 Å². The molecule has 0 radical (unpaired) electrons. The first-order valence-electron chi connectivity index (χ1n) is 3.00. The number of nitrogens with zero attached hydrogens (tertiary/aromatic N) is 2. The molecule has 3 nitrogen and oxygen atoms in total. The number of isocyanates is 1. The molecule has 0 atom stereocenters. The lowest BCUT2D eigenvalue weighted by Gasteiger charge is -1.80. The number of hydrogen-bond donors (Lipinski definition) is 0. The van der Waals surface area contributed by atoms with Gasteiger partial charge in [-0.05, 0) is 0 Å². The Morgan fingerprint density at radius 2 is 2.73 bits per heavy atom. The van der Waals surface area contributed by atoms with E-state index >= 15 is 0 Å². The molecular weight excluding hydrogens is 160 g/mol. The predicted molar refractivity (Wildman–Crippen MR) is 43.8 cm³/mol. The van der Waals surface area contributed by atoms with Crippen LogP contribution in [-0.4, -0.2) is 11.1 Å². The van der Waals surface area contributed by atoms with E-state index in [0.717, 1.165) is 11.3 Å². The molecule has 0 unspecified atom stereocenters. The number of allylic oxidation sites excluding steroid dienone is 1. The molecule has 0 aromatic carbocycles. The van der Waals surface area contributed by atoms with Gasteiger partial charge in [-0.2, -0.15) is 0 Å². The van der Waals surface area contributed by atoms with Gasteiger partial charge in [0.1, 0.15) is 0 Å². The van der Waals surface area contributed by atoms with E-state index in [-0.39, 0.29) is 0 Å². The third-order valence-electron chi connectivity index (χ3n) is 1.03. The summed E-state index contributed by atoms with van der Waals surface area (Å²) < 4.78 is 0. The largest absolute Gasteiger partial charge is 0.242 e. The van der Waals surface area contributed by atoms with Crippen LogP contribution in [0.2, 0.25) is 0 Å². The van der Waals surface area contributed by atoms with Crippen LogP contribution in [0.1, 0.15) is 4.88 Å². The van der Waals surface area contributed by atoms with Crippen molar-refractivity contribution in [2.24, 2.45) is 4.99 Å². The summed E-state index contributed by atoms with van der Waals surface area (Å²) in [7, 11) is 0. The van der Waals surface area contributed by atoms with E-state index in [4.69, 9.17) is 0 Å². The summed E-state index contributed by atoms with van der Waals surface area (Å²) in [5.41, 5.74) is 0. The molecule has 0 N–H and O–H groups in total. The molecule has 1 heterocycles. The highest BCUT2D eigenvalue weighted by Crippen LogP contribution is 2.20. The Hall–Kier alpha value is -1.25. The highest BCUT2D eigenvalue weighted by Gasteiger charge is 1.96. The van der Waals surface area contributed by atoms with Gasteiger partial charge >= 0.3 is 0 Å². The van der Waals surface area contributed by atoms with Gasteiger partial charge in [-0.3, -0.25) is 0 Å². The van der Waals surface area contributed by atoms with Crippen molar-refractivity contribution in [1.82, 2.24) is 4.98 Å². The fourth-order valence-electron chi connectivity index (χ4n) is 0.625. The summed E-state index contributed by atoms with van der Waals surface area (Å²) in [5, 5.41) is 0.455. The maximum Gasteiger partial charge on any atom is 0.242 e. The summed E-state index contributed by atoms with van der Waals surface area (Å²) in [4.78, 5) is 18.1. The highest BCUT2D eigenvalue weighted by atomic mass is 32.1. The van der Waals surface area contributed by atoms with Crippen LogP contribution < -0.4 is 0 Å². The molecular formula is C7H6N2OS. The molecule has 0 aliphatic heterocycles. The summed E-state index contributed by atoms with van der Waals surface area (Å²) in [6, 6.07) is 0. The van der Waals surface area contributed by atoms with Crippen molar-refractivity contribution in [3.63, 3.8) is 0 Å². The molecule has 0 saturated carbocycles. The van der Waals surface area contributed by atoms with Crippen LogP contribution in [0.25, 0.3) is 0 Å². The van der Waals surface area contributed by atoms with E-state index in [1.54, 1.807) is 12.3 Å². The zero-order valence-corrected chi connectivity index (χ0v) is 6.60. The van der Waals surface area contributed by atoms with Gasteiger partial charge in [-0.1, -0.05) is 17.4 Å². The number of thiazole rings is 1. The van der Waals surface area contributed by atoms with Gasteiger partial charge in [-0.15, -0.1) is 11.6 Å². The molecule has 0 amide bonds. The van der Waals surface area contributed by atoms with E-state index < -0.39 is 0 Å². The second-order valence-electron chi connectivity index (χ2n) is 1.81. The molecule has 1 aromatic rings. The van der Waals surface area contributed by atoms with Crippen molar-refractivity contribution in [1.29, 1.82) is 0 Å². The molecule has 0 aliphatic carbocycles. The Balaban J connectivity index is 2.80. The molecule has 0 saturated heterocycles. The zero-order valence-electron chi connectivity index (χ0n) is 5.78. The Labute approximate surface area is 68.1 Å². The summed E-state index contributed by atoms with van der Waals surface area (Å²) in [6.45, 7) is 3.58. The van der Waals surface area contributed by atoms with Crippen LogP contribution in [-0.2, 0) is 11.2 Å². The lowest BCUT2D eigenvalue weighted by molar-refractivity contribution is 0.565. The monoisotopic (exact) mass is 166 g/mol. The van der Waals surface area contributed by atoms with Crippen LogP contribution in [0.15, 0.2) is 23.8 Å². The Morgan fingerprint density at radius 3 is 3.36 bits per heavy atom. The van der Waals surface area contributed by atoms with Crippen molar-refractivity contribution >= 4 is 22.5 Å². The minimum absolute atomic E-state index is 0.455. The van der Waals surface area contributed by atoms with Crippen LogP contribution in [0, 0.1) is 0 Å². The first-order chi connectivity index (χ1) is 5.36. The van der Waals surface area contributed by atoms with Crippen LogP contribution in [0.3, 0.4) is 0 Å². The molecule has 0 fully saturated rings. The molecule has 56 valence electrons. The topological polar surface area (TPSA) is 42.3 Å². The van der Waals surface area contributed by atoms with Gasteiger partial charge in [0, 0.05) is 17.5 Å². The number of rotatable bonds is 3. The molecule has 11 heavy (non-hydrogen) atoms. The van der Waals surface area contributed by atoms with Crippen LogP contribution in [0.5, 0.6) is 0 Å². The van der Waals surface area contributed by atoms with Gasteiger partial charge in [0.05, 0.1) is 0 Å². The standard InChI is InChI=1S/C7H6N2OS/c1-2-3-6-4-8-7(11-6)9-5-10/h2,4H,1,3H2. The lowest BCUT2D eigenvalue weighted by Crippen LogP contribution is -1.67. The fraction of sp³-hybridized carbons (Fsp3) is 0.143.